The number of benzene rings is 2. The molecule has 0 radical (unpaired) electrons. The van der Waals surface area contributed by atoms with Crippen molar-refractivity contribution in [2.75, 3.05) is 19.0 Å². The first-order chi connectivity index (χ1) is 10.6. The molecule has 0 unspecified atom stereocenters. The number of carboxylic acids is 1. The Bertz CT molecular complexity index is 638. The Morgan fingerprint density at radius 3 is 2.45 bits per heavy atom. The lowest BCUT2D eigenvalue weighted by Gasteiger charge is -2.12. The summed E-state index contributed by atoms with van der Waals surface area (Å²) >= 11 is 0. The van der Waals surface area contributed by atoms with Crippen LogP contribution in [0.25, 0.3) is 0 Å². The Labute approximate surface area is 129 Å². The molecule has 0 spiro atoms. The molecule has 5 heteroatoms. The highest BCUT2D eigenvalue weighted by atomic mass is 16.5. The van der Waals surface area contributed by atoms with Gasteiger partial charge in [-0.3, -0.25) is 0 Å². The van der Waals surface area contributed by atoms with Crippen molar-refractivity contribution in [1.29, 1.82) is 0 Å². The van der Waals surface area contributed by atoms with Gasteiger partial charge in [-0.2, -0.15) is 0 Å². The summed E-state index contributed by atoms with van der Waals surface area (Å²) in [6.45, 7) is 3.12. The van der Waals surface area contributed by atoms with E-state index >= 15 is 0 Å². The molecule has 2 aromatic carbocycles. The van der Waals surface area contributed by atoms with Crippen molar-refractivity contribution < 1.29 is 19.4 Å². The maximum atomic E-state index is 10.8. The van der Waals surface area contributed by atoms with Crippen LogP contribution >= 0.6 is 0 Å². The van der Waals surface area contributed by atoms with Gasteiger partial charge in [-0.15, -0.1) is 0 Å². The van der Waals surface area contributed by atoms with Gasteiger partial charge in [-0.1, -0.05) is 6.07 Å². The molecule has 5 nitrogen and oxygen atoms in total. The summed E-state index contributed by atoms with van der Waals surface area (Å²) in [6.07, 6.45) is 0. The first-order valence-corrected chi connectivity index (χ1v) is 7.01. The van der Waals surface area contributed by atoms with Crippen molar-refractivity contribution in [3.05, 3.63) is 53.6 Å². The van der Waals surface area contributed by atoms with Gasteiger partial charge >= 0.3 is 5.97 Å². The normalized spacial score (nSPS) is 10.1. The lowest BCUT2D eigenvalue weighted by molar-refractivity contribution is 0.0697. The minimum absolute atomic E-state index is 0.272. The fourth-order valence-corrected chi connectivity index (χ4v) is 2.03. The van der Waals surface area contributed by atoms with E-state index in [2.05, 4.69) is 5.32 Å². The van der Waals surface area contributed by atoms with Crippen molar-refractivity contribution in [3.63, 3.8) is 0 Å². The number of hydrogen-bond donors (Lipinski definition) is 2. The van der Waals surface area contributed by atoms with Crippen molar-refractivity contribution >= 4 is 11.7 Å². The van der Waals surface area contributed by atoms with Gasteiger partial charge in [0.05, 0.1) is 19.3 Å². The summed E-state index contributed by atoms with van der Waals surface area (Å²) < 4.78 is 10.8. The van der Waals surface area contributed by atoms with Crippen LogP contribution in [0, 0.1) is 0 Å². The number of anilines is 1. The Morgan fingerprint density at radius 2 is 1.86 bits per heavy atom. The molecule has 0 aromatic heterocycles. The van der Waals surface area contributed by atoms with Crippen LogP contribution in [0.2, 0.25) is 0 Å². The van der Waals surface area contributed by atoms with E-state index in [4.69, 9.17) is 14.6 Å². The first-order valence-electron chi connectivity index (χ1n) is 7.01. The Kier molecular flexibility index (Phi) is 5.25. The zero-order chi connectivity index (χ0) is 15.9. The van der Waals surface area contributed by atoms with Crippen LogP contribution in [0.1, 0.15) is 22.8 Å². The van der Waals surface area contributed by atoms with Gasteiger partial charge in [-0.05, 0) is 48.9 Å². The molecule has 116 valence electrons. The zero-order valence-electron chi connectivity index (χ0n) is 12.6. The van der Waals surface area contributed by atoms with Crippen molar-refractivity contribution in [1.82, 2.24) is 0 Å². The van der Waals surface area contributed by atoms with Gasteiger partial charge in [-0.25, -0.2) is 4.79 Å². The third kappa shape index (κ3) is 3.91. The summed E-state index contributed by atoms with van der Waals surface area (Å²) in [6, 6.07) is 12.4. The van der Waals surface area contributed by atoms with Crippen molar-refractivity contribution in [2.24, 2.45) is 0 Å². The molecule has 0 saturated heterocycles. The zero-order valence-corrected chi connectivity index (χ0v) is 12.6. The fourth-order valence-electron chi connectivity index (χ4n) is 2.03. The van der Waals surface area contributed by atoms with Crippen LogP contribution in [0.4, 0.5) is 5.69 Å². The van der Waals surface area contributed by atoms with Gasteiger partial charge in [0.25, 0.3) is 0 Å². The second-order valence-electron chi connectivity index (χ2n) is 4.65. The quantitative estimate of drug-likeness (QED) is 0.820. The lowest BCUT2D eigenvalue weighted by atomic mass is 10.1. The minimum Gasteiger partial charge on any atom is -0.493 e. The second kappa shape index (κ2) is 7.36. The maximum Gasteiger partial charge on any atom is 0.335 e. The molecule has 0 atom stereocenters. The van der Waals surface area contributed by atoms with Gasteiger partial charge in [0.2, 0.25) is 0 Å². The summed E-state index contributed by atoms with van der Waals surface area (Å²) in [5.74, 6) is 0.490. The predicted octanol–water partition coefficient (Wildman–Crippen LogP) is 3.40. The number of rotatable bonds is 7. The highest BCUT2D eigenvalue weighted by Gasteiger charge is 2.06. The number of carbonyl (C=O) groups is 1. The number of carboxylic acid groups (broad SMARTS) is 1. The molecule has 2 N–H and O–H groups in total. The predicted molar refractivity (Wildman–Crippen MR) is 84.9 cm³/mol. The van der Waals surface area contributed by atoms with E-state index < -0.39 is 5.97 Å². The van der Waals surface area contributed by atoms with Crippen LogP contribution in [-0.2, 0) is 6.54 Å². The van der Waals surface area contributed by atoms with E-state index in [9.17, 15) is 4.79 Å². The average molecular weight is 301 g/mol. The average Bonchev–Trinajstić information content (AvgIpc) is 2.54. The fraction of sp³-hybridized carbons (Fsp3) is 0.235. The molecule has 0 fully saturated rings. The topological polar surface area (TPSA) is 67.8 Å². The second-order valence-corrected chi connectivity index (χ2v) is 4.65. The molecule has 0 aliphatic rings. The maximum absolute atomic E-state index is 10.8. The number of ether oxygens (including phenoxy) is 2. The molecule has 2 rings (SSSR count). The largest absolute Gasteiger partial charge is 0.493 e. The summed E-state index contributed by atoms with van der Waals surface area (Å²) in [4.78, 5) is 10.8. The van der Waals surface area contributed by atoms with E-state index in [0.29, 0.717) is 18.9 Å². The monoisotopic (exact) mass is 301 g/mol. The summed E-state index contributed by atoms with van der Waals surface area (Å²) in [7, 11) is 1.61. The van der Waals surface area contributed by atoms with Crippen LogP contribution in [0.5, 0.6) is 11.5 Å². The van der Waals surface area contributed by atoms with E-state index in [1.165, 1.54) is 0 Å². The summed E-state index contributed by atoms with van der Waals surface area (Å²) in [5, 5.41) is 12.1. The standard InChI is InChI=1S/C17H19NO4/c1-3-22-15-9-4-12(10-16(15)21-2)11-18-14-7-5-13(6-8-14)17(19)20/h4-10,18H,3,11H2,1-2H3,(H,19,20). The van der Waals surface area contributed by atoms with Gasteiger partial charge < -0.3 is 19.9 Å². The molecule has 0 heterocycles. The Hall–Kier alpha value is -2.69. The Balaban J connectivity index is 2.03. The molecule has 0 bridgehead atoms. The molecule has 0 aliphatic heterocycles. The number of aromatic carboxylic acids is 1. The van der Waals surface area contributed by atoms with Gasteiger partial charge in [0.1, 0.15) is 0 Å². The lowest BCUT2D eigenvalue weighted by Crippen LogP contribution is -2.02. The third-order valence-corrected chi connectivity index (χ3v) is 3.16. The Morgan fingerprint density at radius 1 is 1.14 bits per heavy atom. The smallest absolute Gasteiger partial charge is 0.335 e. The third-order valence-electron chi connectivity index (χ3n) is 3.16. The van der Waals surface area contributed by atoms with Crippen molar-refractivity contribution in [2.45, 2.75) is 13.5 Å². The van der Waals surface area contributed by atoms with E-state index in [0.717, 1.165) is 17.0 Å². The number of methoxy groups -OCH3 is 1. The highest BCUT2D eigenvalue weighted by Crippen LogP contribution is 2.28. The minimum atomic E-state index is -0.928. The molecule has 0 amide bonds. The molecule has 22 heavy (non-hydrogen) atoms. The molecule has 0 aliphatic carbocycles. The SMILES string of the molecule is CCOc1ccc(CNc2ccc(C(=O)O)cc2)cc1OC. The highest BCUT2D eigenvalue weighted by molar-refractivity contribution is 5.87. The van der Waals surface area contributed by atoms with Crippen LogP contribution in [-0.4, -0.2) is 24.8 Å². The molecule has 0 saturated carbocycles. The van der Waals surface area contributed by atoms with E-state index in [1.54, 1.807) is 31.4 Å². The number of hydrogen-bond acceptors (Lipinski definition) is 4. The first kappa shape index (κ1) is 15.7. The molecule has 2 aromatic rings. The van der Waals surface area contributed by atoms with Gasteiger partial charge in [0.15, 0.2) is 11.5 Å². The van der Waals surface area contributed by atoms with E-state index in [1.807, 2.05) is 25.1 Å². The van der Waals surface area contributed by atoms with Gasteiger partial charge in [0, 0.05) is 12.2 Å². The number of nitrogens with one attached hydrogen (secondary N) is 1. The van der Waals surface area contributed by atoms with E-state index in [-0.39, 0.29) is 5.56 Å². The molecular formula is C17H19NO4. The summed E-state index contributed by atoms with van der Waals surface area (Å²) in [5.41, 5.74) is 2.17. The molecular weight excluding hydrogens is 282 g/mol. The van der Waals surface area contributed by atoms with Crippen LogP contribution in [0.3, 0.4) is 0 Å². The van der Waals surface area contributed by atoms with Crippen LogP contribution < -0.4 is 14.8 Å². The van der Waals surface area contributed by atoms with Crippen LogP contribution in [0.15, 0.2) is 42.5 Å². The van der Waals surface area contributed by atoms with Crippen molar-refractivity contribution in [3.8, 4) is 11.5 Å².